The van der Waals surface area contributed by atoms with E-state index in [1.807, 2.05) is 13.8 Å². The van der Waals surface area contributed by atoms with Crippen LogP contribution in [0.25, 0.3) is 0 Å². The highest BCUT2D eigenvalue weighted by Gasteiger charge is 2.45. The highest BCUT2D eigenvalue weighted by Crippen LogP contribution is 2.38. The summed E-state index contributed by atoms with van der Waals surface area (Å²) in [6.07, 6.45) is 1.36. The van der Waals surface area contributed by atoms with E-state index in [0.717, 1.165) is 0 Å². The Kier molecular flexibility index (Phi) is 6.53. The summed E-state index contributed by atoms with van der Waals surface area (Å²) in [5, 5.41) is 11.7. The van der Waals surface area contributed by atoms with Gasteiger partial charge in [0.1, 0.15) is 11.2 Å². The molecule has 2 aromatic rings. The van der Waals surface area contributed by atoms with Crippen LogP contribution in [0.4, 0.5) is 14.5 Å². The van der Waals surface area contributed by atoms with E-state index in [9.17, 15) is 13.6 Å². The molecule has 0 aliphatic carbocycles. The topological polar surface area (TPSA) is 82.4 Å². The number of carbonyl (C=O) groups is 1. The summed E-state index contributed by atoms with van der Waals surface area (Å²) in [4.78, 5) is 14.5. The number of aromatic nitrogens is 4. The number of nitrogens with zero attached hydrogens (tertiary/aromatic N) is 5. The Morgan fingerprint density at radius 2 is 1.93 bits per heavy atom. The van der Waals surface area contributed by atoms with Gasteiger partial charge in [-0.1, -0.05) is 13.8 Å². The van der Waals surface area contributed by atoms with E-state index in [1.165, 1.54) is 28.2 Å². The van der Waals surface area contributed by atoms with Crippen molar-refractivity contribution in [2.75, 3.05) is 24.7 Å². The van der Waals surface area contributed by atoms with Crippen molar-refractivity contribution in [1.29, 1.82) is 0 Å². The van der Waals surface area contributed by atoms with Gasteiger partial charge in [-0.15, -0.1) is 0 Å². The summed E-state index contributed by atoms with van der Waals surface area (Å²) in [6, 6.07) is 1.60. The van der Waals surface area contributed by atoms with E-state index >= 15 is 0 Å². The van der Waals surface area contributed by atoms with Gasteiger partial charge in [0.15, 0.2) is 6.29 Å². The molecule has 29 heavy (non-hydrogen) atoms. The second-order valence-corrected chi connectivity index (χ2v) is 6.69. The Morgan fingerprint density at radius 3 is 2.45 bits per heavy atom. The zero-order valence-corrected chi connectivity index (χ0v) is 16.7. The number of carbonyl (C=O) groups excluding carboxylic acids is 1. The van der Waals surface area contributed by atoms with Crippen LogP contribution in [-0.4, -0.2) is 51.9 Å². The summed E-state index contributed by atoms with van der Waals surface area (Å²) in [5.41, 5.74) is -1.04. The molecule has 3 heterocycles. The lowest BCUT2D eigenvalue weighted by Gasteiger charge is -2.37. The molecule has 10 heteroatoms. The summed E-state index contributed by atoms with van der Waals surface area (Å²) in [6.45, 7) is 6.56. The molecular formula is C19H25F2N5O3. The Morgan fingerprint density at radius 1 is 1.24 bits per heavy atom. The maximum absolute atomic E-state index is 14.2. The third-order valence-electron chi connectivity index (χ3n) is 5.39. The minimum absolute atomic E-state index is 0.150. The van der Waals surface area contributed by atoms with Crippen LogP contribution in [0.2, 0.25) is 0 Å². The zero-order chi connectivity index (χ0) is 21.0. The maximum atomic E-state index is 14.2. The van der Waals surface area contributed by atoms with Crippen LogP contribution in [-0.2, 0) is 15.0 Å². The Balaban J connectivity index is 2.08. The summed E-state index contributed by atoms with van der Waals surface area (Å²) >= 11 is 0. The molecule has 0 saturated carbocycles. The molecule has 0 unspecified atom stereocenters. The van der Waals surface area contributed by atoms with Gasteiger partial charge in [0.05, 0.1) is 43.1 Å². The van der Waals surface area contributed by atoms with Gasteiger partial charge in [-0.25, -0.2) is 8.78 Å². The number of anilines is 1. The van der Waals surface area contributed by atoms with E-state index in [-0.39, 0.29) is 12.1 Å². The van der Waals surface area contributed by atoms with Gasteiger partial charge < -0.3 is 14.4 Å². The van der Waals surface area contributed by atoms with E-state index in [2.05, 4.69) is 15.3 Å². The molecule has 1 fully saturated rings. The molecule has 1 aliphatic rings. The van der Waals surface area contributed by atoms with Crippen molar-refractivity contribution in [3.63, 3.8) is 0 Å². The fraction of sp³-hybridized carbons (Fsp3) is 0.579. The van der Waals surface area contributed by atoms with Crippen molar-refractivity contribution in [3.8, 4) is 0 Å². The van der Waals surface area contributed by atoms with Crippen molar-refractivity contribution in [1.82, 2.24) is 20.0 Å². The molecule has 1 amide bonds. The number of hydrogen-bond acceptors (Lipinski definition) is 6. The summed E-state index contributed by atoms with van der Waals surface area (Å²) in [5.74, 6) is -0.573. The van der Waals surface area contributed by atoms with Crippen molar-refractivity contribution in [2.24, 2.45) is 0 Å². The Hall–Kier alpha value is -2.46. The first-order valence-electron chi connectivity index (χ1n) is 9.68. The van der Waals surface area contributed by atoms with Crippen molar-refractivity contribution in [2.45, 2.75) is 51.9 Å². The summed E-state index contributed by atoms with van der Waals surface area (Å²) in [7, 11) is 0. The van der Waals surface area contributed by atoms with Crippen LogP contribution in [0.5, 0.6) is 0 Å². The molecule has 0 atom stereocenters. The molecule has 158 valence electrons. The first-order valence-corrected chi connectivity index (χ1v) is 9.68. The maximum Gasteiger partial charge on any atom is 0.280 e. The van der Waals surface area contributed by atoms with Gasteiger partial charge in [-0.2, -0.15) is 15.3 Å². The second kappa shape index (κ2) is 8.91. The van der Waals surface area contributed by atoms with Gasteiger partial charge in [0, 0.05) is 6.54 Å². The fourth-order valence-electron chi connectivity index (χ4n) is 3.77. The van der Waals surface area contributed by atoms with Crippen LogP contribution < -0.4 is 4.90 Å². The monoisotopic (exact) mass is 409 g/mol. The third-order valence-corrected chi connectivity index (χ3v) is 5.39. The molecule has 1 aliphatic heterocycles. The van der Waals surface area contributed by atoms with E-state index in [0.29, 0.717) is 31.7 Å². The summed E-state index contributed by atoms with van der Waals surface area (Å²) < 4.78 is 41.0. The lowest BCUT2D eigenvalue weighted by molar-refractivity contribution is -0.135. The quantitative estimate of drug-likeness (QED) is 0.666. The average Bonchev–Trinajstić information content (AvgIpc) is 3.42. The van der Waals surface area contributed by atoms with Crippen LogP contribution in [0.15, 0.2) is 24.7 Å². The molecule has 1 saturated heterocycles. The molecule has 0 N–H and O–H groups in total. The Labute approximate surface area is 167 Å². The van der Waals surface area contributed by atoms with Crippen LogP contribution >= 0.6 is 0 Å². The van der Waals surface area contributed by atoms with Gasteiger partial charge in [-0.3, -0.25) is 9.48 Å². The van der Waals surface area contributed by atoms with Gasteiger partial charge in [0.2, 0.25) is 0 Å². The van der Waals surface area contributed by atoms with Crippen molar-refractivity contribution >= 4 is 11.6 Å². The molecule has 0 aromatic carbocycles. The second-order valence-electron chi connectivity index (χ2n) is 6.69. The van der Waals surface area contributed by atoms with Crippen LogP contribution in [0.3, 0.4) is 0 Å². The molecule has 0 radical (unpaired) electrons. The number of amides is 1. The van der Waals surface area contributed by atoms with Crippen LogP contribution in [0, 0.1) is 0 Å². The van der Waals surface area contributed by atoms with Gasteiger partial charge in [-0.05, 0) is 25.8 Å². The predicted octanol–water partition coefficient (Wildman–Crippen LogP) is 3.17. The smallest absolute Gasteiger partial charge is 0.280 e. The molecular weight excluding hydrogens is 384 g/mol. The SMILES string of the molecule is CCN(C(=O)c1cnn(C(CC)(CC)C2OCCO2)c1C(F)F)c1ccnnc1. The normalized spacial score (nSPS) is 15.2. The minimum Gasteiger partial charge on any atom is -0.348 e. The highest BCUT2D eigenvalue weighted by molar-refractivity contribution is 6.06. The molecule has 2 aromatic heterocycles. The van der Waals surface area contributed by atoms with Crippen molar-refractivity contribution in [3.05, 3.63) is 35.9 Å². The third kappa shape index (κ3) is 3.74. The Bertz CT molecular complexity index is 821. The van der Waals surface area contributed by atoms with E-state index < -0.39 is 29.9 Å². The number of rotatable bonds is 8. The number of ether oxygens (including phenoxy) is 2. The first kappa shape index (κ1) is 21.3. The van der Waals surface area contributed by atoms with Gasteiger partial charge in [0.25, 0.3) is 12.3 Å². The molecule has 0 bridgehead atoms. The number of alkyl halides is 2. The molecule has 3 rings (SSSR count). The number of hydrogen-bond donors (Lipinski definition) is 0. The largest absolute Gasteiger partial charge is 0.348 e. The molecule has 8 nitrogen and oxygen atoms in total. The first-order chi connectivity index (χ1) is 14.0. The average molecular weight is 409 g/mol. The fourth-order valence-corrected chi connectivity index (χ4v) is 3.77. The zero-order valence-electron chi connectivity index (χ0n) is 16.7. The minimum atomic E-state index is -2.90. The predicted molar refractivity (Wildman–Crippen MR) is 101 cm³/mol. The highest BCUT2D eigenvalue weighted by atomic mass is 19.3. The van der Waals surface area contributed by atoms with E-state index in [1.54, 1.807) is 13.0 Å². The van der Waals surface area contributed by atoms with Crippen molar-refractivity contribution < 1.29 is 23.0 Å². The van der Waals surface area contributed by atoms with Gasteiger partial charge >= 0.3 is 0 Å². The number of halogens is 2. The lowest BCUT2D eigenvalue weighted by Crippen LogP contribution is -2.46. The van der Waals surface area contributed by atoms with Crippen LogP contribution in [0.1, 0.15) is 56.1 Å². The van der Waals surface area contributed by atoms with E-state index in [4.69, 9.17) is 9.47 Å². The standard InChI is InChI=1S/C19H25F2N5O3/c1-4-19(5-2,18-28-9-10-29-18)26-15(16(20)21)14(12-24-26)17(27)25(6-3)13-7-8-22-23-11-13/h7-8,11-12,16,18H,4-6,9-10H2,1-3H3. The lowest BCUT2D eigenvalue weighted by atomic mass is 9.91. The molecule has 0 spiro atoms.